The van der Waals surface area contributed by atoms with Gasteiger partial charge < -0.3 is 15.0 Å². The molecule has 0 amide bonds. The lowest BCUT2D eigenvalue weighted by Crippen LogP contribution is -2.49. The molecule has 1 rings (SSSR count). The van der Waals surface area contributed by atoms with Gasteiger partial charge in [0.25, 0.3) is 0 Å². The van der Waals surface area contributed by atoms with E-state index in [2.05, 4.69) is 19.8 Å². The number of rotatable bonds is 7. The summed E-state index contributed by atoms with van der Waals surface area (Å²) >= 11 is 0. The molecule has 1 heterocycles. The molecule has 8 heteroatoms. The van der Waals surface area contributed by atoms with Crippen molar-refractivity contribution in [2.24, 2.45) is 0 Å². The van der Waals surface area contributed by atoms with Gasteiger partial charge in [-0.2, -0.15) is 0 Å². The molecule has 3 N–H and O–H groups in total. The van der Waals surface area contributed by atoms with E-state index < -0.39 is 21.5 Å². The van der Waals surface area contributed by atoms with Crippen LogP contribution in [0.2, 0.25) is 0 Å². The van der Waals surface area contributed by atoms with Gasteiger partial charge in [0.15, 0.2) is 0 Å². The number of sulfonamides is 1. The van der Waals surface area contributed by atoms with Crippen molar-refractivity contribution in [3.8, 4) is 0 Å². The topological polar surface area (TPSA) is 100 Å². The zero-order chi connectivity index (χ0) is 15.4. The molecule has 20 heavy (non-hydrogen) atoms. The van der Waals surface area contributed by atoms with Gasteiger partial charge in [-0.15, -0.1) is 0 Å². The molecule has 1 aromatic heterocycles. The zero-order valence-corrected chi connectivity index (χ0v) is 12.9. The van der Waals surface area contributed by atoms with Crippen molar-refractivity contribution in [3.63, 3.8) is 0 Å². The number of methoxy groups -OCH3 is 1. The van der Waals surface area contributed by atoms with Gasteiger partial charge in [-0.05, 0) is 26.0 Å². The Morgan fingerprint density at radius 2 is 2.05 bits per heavy atom. The Morgan fingerprint density at radius 3 is 2.60 bits per heavy atom. The molecule has 0 spiro atoms. The first-order valence-corrected chi connectivity index (χ1v) is 7.98. The molecular formula is C12H21N3O4S. The molecule has 0 saturated heterocycles. The van der Waals surface area contributed by atoms with Crippen LogP contribution < -0.4 is 10.0 Å². The van der Waals surface area contributed by atoms with Crippen LogP contribution in [-0.4, -0.2) is 44.8 Å². The summed E-state index contributed by atoms with van der Waals surface area (Å²) in [6.07, 6.45) is 1.13. The van der Waals surface area contributed by atoms with Gasteiger partial charge in [0, 0.05) is 24.3 Å². The quantitative estimate of drug-likeness (QED) is 0.626. The number of aromatic nitrogens is 1. The molecule has 7 nitrogen and oxygen atoms in total. The van der Waals surface area contributed by atoms with Crippen molar-refractivity contribution in [1.82, 2.24) is 15.0 Å². The summed E-state index contributed by atoms with van der Waals surface area (Å²) in [5.74, 6) is -0.421. The lowest BCUT2D eigenvalue weighted by atomic mass is 10.1. The highest BCUT2D eigenvalue weighted by Crippen LogP contribution is 2.05. The van der Waals surface area contributed by atoms with Gasteiger partial charge in [0.1, 0.15) is 5.69 Å². The van der Waals surface area contributed by atoms with Crippen molar-refractivity contribution < 1.29 is 17.9 Å². The Labute approximate surface area is 119 Å². The summed E-state index contributed by atoms with van der Waals surface area (Å²) in [7, 11) is -1.93. The predicted molar refractivity (Wildman–Crippen MR) is 75.9 cm³/mol. The first-order chi connectivity index (χ1) is 9.13. The second kappa shape index (κ2) is 6.38. The summed E-state index contributed by atoms with van der Waals surface area (Å²) in [4.78, 5) is 14.2. The van der Waals surface area contributed by atoms with Gasteiger partial charge in [-0.3, -0.25) is 0 Å². The lowest BCUT2D eigenvalue weighted by molar-refractivity contribution is 0.0594. The van der Waals surface area contributed by atoms with Crippen molar-refractivity contribution in [1.29, 1.82) is 0 Å². The monoisotopic (exact) mass is 303 g/mol. The minimum atomic E-state index is -3.25. The van der Waals surface area contributed by atoms with E-state index in [0.29, 0.717) is 18.8 Å². The SMILES string of the molecule is COC(=O)c1ccc(CNCC(C)(C)NS(C)(=O)=O)[nH]1. The molecular weight excluding hydrogens is 282 g/mol. The second-order valence-electron chi connectivity index (χ2n) is 5.25. The molecule has 0 radical (unpaired) electrons. The van der Waals surface area contributed by atoms with E-state index in [1.807, 2.05) is 0 Å². The van der Waals surface area contributed by atoms with Crippen molar-refractivity contribution in [2.45, 2.75) is 25.9 Å². The number of esters is 1. The van der Waals surface area contributed by atoms with E-state index in [9.17, 15) is 13.2 Å². The van der Waals surface area contributed by atoms with Crippen LogP contribution >= 0.6 is 0 Å². The number of ether oxygens (including phenoxy) is 1. The molecule has 0 aliphatic carbocycles. The van der Waals surface area contributed by atoms with Gasteiger partial charge in [-0.25, -0.2) is 17.9 Å². The van der Waals surface area contributed by atoms with Crippen LogP contribution in [0.1, 0.15) is 30.0 Å². The fraction of sp³-hybridized carbons (Fsp3) is 0.583. The summed E-state index contributed by atoms with van der Waals surface area (Å²) in [5, 5.41) is 3.12. The first kappa shape index (κ1) is 16.7. The standard InChI is InChI=1S/C12H21N3O4S/c1-12(2,15-20(4,17)18)8-13-7-9-5-6-10(14-9)11(16)19-3/h5-6,13-15H,7-8H2,1-4H3. The van der Waals surface area contributed by atoms with E-state index >= 15 is 0 Å². The molecule has 0 atom stereocenters. The number of hydrogen-bond donors (Lipinski definition) is 3. The minimum Gasteiger partial charge on any atom is -0.464 e. The number of carbonyl (C=O) groups excluding carboxylic acids is 1. The van der Waals surface area contributed by atoms with E-state index in [1.165, 1.54) is 7.11 Å². The van der Waals surface area contributed by atoms with E-state index in [1.54, 1.807) is 26.0 Å². The fourth-order valence-electron chi connectivity index (χ4n) is 1.82. The van der Waals surface area contributed by atoms with Crippen molar-refractivity contribution in [2.75, 3.05) is 19.9 Å². The van der Waals surface area contributed by atoms with Crippen LogP contribution in [0.25, 0.3) is 0 Å². The normalized spacial score (nSPS) is 12.4. The average molecular weight is 303 g/mol. The molecule has 1 aromatic rings. The smallest absolute Gasteiger partial charge is 0.354 e. The van der Waals surface area contributed by atoms with Crippen LogP contribution in [0.3, 0.4) is 0 Å². The molecule has 0 aliphatic heterocycles. The maximum atomic E-state index is 11.3. The number of aromatic amines is 1. The highest BCUT2D eigenvalue weighted by atomic mass is 32.2. The first-order valence-electron chi connectivity index (χ1n) is 6.09. The summed E-state index contributed by atoms with van der Waals surface area (Å²) < 4.78 is 29.5. The zero-order valence-electron chi connectivity index (χ0n) is 12.1. The average Bonchev–Trinajstić information content (AvgIpc) is 2.73. The maximum Gasteiger partial charge on any atom is 0.354 e. The third kappa shape index (κ3) is 5.72. The highest BCUT2D eigenvalue weighted by Gasteiger charge is 2.21. The van der Waals surface area contributed by atoms with Crippen LogP contribution in [0.4, 0.5) is 0 Å². The Kier molecular flexibility index (Phi) is 5.32. The summed E-state index contributed by atoms with van der Waals surface area (Å²) in [6, 6.07) is 3.42. The van der Waals surface area contributed by atoms with E-state index in [0.717, 1.165) is 11.9 Å². The van der Waals surface area contributed by atoms with Gasteiger partial charge >= 0.3 is 5.97 Å². The van der Waals surface area contributed by atoms with Crippen LogP contribution in [0.15, 0.2) is 12.1 Å². The van der Waals surface area contributed by atoms with E-state index in [-0.39, 0.29) is 0 Å². The predicted octanol–water partition coefficient (Wildman–Crippen LogP) is 0.219. The number of nitrogens with one attached hydrogen (secondary N) is 3. The lowest BCUT2D eigenvalue weighted by Gasteiger charge is -2.25. The van der Waals surface area contributed by atoms with E-state index in [4.69, 9.17) is 0 Å². The Morgan fingerprint density at radius 1 is 1.40 bits per heavy atom. The van der Waals surface area contributed by atoms with Gasteiger partial charge in [-0.1, -0.05) is 0 Å². The van der Waals surface area contributed by atoms with Gasteiger partial charge in [0.2, 0.25) is 10.0 Å². The molecule has 0 unspecified atom stereocenters. The summed E-state index contributed by atoms with van der Waals surface area (Å²) in [6.45, 7) is 4.52. The second-order valence-corrected chi connectivity index (χ2v) is 7.00. The van der Waals surface area contributed by atoms with Crippen LogP contribution in [0, 0.1) is 0 Å². The Balaban J connectivity index is 2.48. The minimum absolute atomic E-state index is 0.387. The maximum absolute atomic E-state index is 11.3. The van der Waals surface area contributed by atoms with Crippen LogP contribution in [-0.2, 0) is 21.3 Å². The molecule has 114 valence electrons. The number of carbonyl (C=O) groups is 1. The third-order valence-corrected chi connectivity index (χ3v) is 3.42. The van der Waals surface area contributed by atoms with Crippen molar-refractivity contribution >= 4 is 16.0 Å². The molecule has 0 bridgehead atoms. The molecule has 0 aromatic carbocycles. The van der Waals surface area contributed by atoms with Crippen LogP contribution in [0.5, 0.6) is 0 Å². The summed E-state index contributed by atoms with van der Waals surface area (Å²) in [5.41, 5.74) is 0.615. The highest BCUT2D eigenvalue weighted by molar-refractivity contribution is 7.88. The third-order valence-electron chi connectivity index (χ3n) is 2.50. The largest absolute Gasteiger partial charge is 0.464 e. The Bertz CT molecular complexity index is 563. The molecule has 0 fully saturated rings. The molecule has 0 saturated carbocycles. The van der Waals surface area contributed by atoms with Crippen molar-refractivity contribution in [3.05, 3.63) is 23.5 Å². The van der Waals surface area contributed by atoms with Gasteiger partial charge in [0.05, 0.1) is 13.4 Å². The Hall–Kier alpha value is -1.38. The number of hydrogen-bond acceptors (Lipinski definition) is 5. The molecule has 0 aliphatic rings. The number of H-pyrrole nitrogens is 1. The fourth-order valence-corrected chi connectivity index (χ4v) is 2.90.